The van der Waals surface area contributed by atoms with Crippen molar-refractivity contribution >= 4 is 16.9 Å². The van der Waals surface area contributed by atoms with Crippen molar-refractivity contribution < 1.29 is 0 Å². The Hall–Kier alpha value is -2.81. The quantitative estimate of drug-likeness (QED) is 0.476. The number of pyridine rings is 1. The van der Waals surface area contributed by atoms with Crippen molar-refractivity contribution in [2.45, 2.75) is 6.54 Å². The van der Waals surface area contributed by atoms with Gasteiger partial charge in [-0.3, -0.25) is 4.79 Å². The first-order valence-electron chi connectivity index (χ1n) is 5.86. The number of nitrogen functional groups attached to an aromatic ring is 1. The van der Waals surface area contributed by atoms with Gasteiger partial charge in [-0.2, -0.15) is 5.10 Å². The van der Waals surface area contributed by atoms with Gasteiger partial charge in [-0.15, -0.1) is 5.10 Å². The zero-order valence-electron chi connectivity index (χ0n) is 10.7. The number of aryl methyl sites for hydroxylation is 1. The molecular formula is C11H12N8O. The number of nitrogens with one attached hydrogen (secondary N) is 1. The molecule has 3 aromatic rings. The Morgan fingerprint density at radius 2 is 2.30 bits per heavy atom. The fraction of sp³-hybridized carbons (Fsp3) is 0.182. The molecular weight excluding hydrogens is 260 g/mol. The highest BCUT2D eigenvalue weighted by Gasteiger charge is 2.09. The van der Waals surface area contributed by atoms with E-state index in [0.717, 1.165) is 5.56 Å². The van der Waals surface area contributed by atoms with E-state index >= 15 is 0 Å². The van der Waals surface area contributed by atoms with E-state index in [1.807, 2.05) is 0 Å². The Balaban J connectivity index is 2.02. The van der Waals surface area contributed by atoms with Crippen LogP contribution in [0.4, 0.5) is 5.82 Å². The lowest BCUT2D eigenvalue weighted by molar-refractivity contribution is 0.595. The summed E-state index contributed by atoms with van der Waals surface area (Å²) in [5.41, 5.74) is 3.52. The van der Waals surface area contributed by atoms with Crippen molar-refractivity contribution in [1.82, 2.24) is 29.8 Å². The molecule has 3 aromatic heterocycles. The summed E-state index contributed by atoms with van der Waals surface area (Å²) < 4.78 is 2.79. The van der Waals surface area contributed by atoms with Gasteiger partial charge in [-0.1, -0.05) is 5.21 Å². The third-order valence-corrected chi connectivity index (χ3v) is 2.92. The summed E-state index contributed by atoms with van der Waals surface area (Å²) in [6.45, 7) is 0.286. The zero-order valence-corrected chi connectivity index (χ0v) is 10.7. The van der Waals surface area contributed by atoms with Crippen LogP contribution in [-0.2, 0) is 13.6 Å². The van der Waals surface area contributed by atoms with Crippen molar-refractivity contribution in [3.63, 3.8) is 0 Å². The lowest BCUT2D eigenvalue weighted by Gasteiger charge is -2.05. The fourth-order valence-corrected chi connectivity index (χ4v) is 1.90. The summed E-state index contributed by atoms with van der Waals surface area (Å²) in [4.78, 5) is 16.3. The third kappa shape index (κ3) is 1.99. The highest BCUT2D eigenvalue weighted by molar-refractivity contribution is 5.72. The van der Waals surface area contributed by atoms with Crippen LogP contribution < -0.4 is 16.8 Å². The first-order chi connectivity index (χ1) is 9.69. The lowest BCUT2D eigenvalue weighted by atomic mass is 10.2. The monoisotopic (exact) mass is 272 g/mol. The molecule has 0 unspecified atom stereocenters. The molecule has 0 bridgehead atoms. The molecule has 0 amide bonds. The van der Waals surface area contributed by atoms with Gasteiger partial charge in [0.15, 0.2) is 5.65 Å². The van der Waals surface area contributed by atoms with Crippen LogP contribution in [0.2, 0.25) is 0 Å². The van der Waals surface area contributed by atoms with E-state index in [1.54, 1.807) is 25.4 Å². The molecule has 0 saturated heterocycles. The van der Waals surface area contributed by atoms with Crippen molar-refractivity contribution in [2.24, 2.45) is 12.9 Å². The van der Waals surface area contributed by atoms with E-state index in [1.165, 1.54) is 15.6 Å². The van der Waals surface area contributed by atoms with Crippen LogP contribution in [0.15, 0.2) is 29.3 Å². The molecule has 0 atom stereocenters. The van der Waals surface area contributed by atoms with Gasteiger partial charge < -0.3 is 5.43 Å². The topological polar surface area (TPSA) is 117 Å². The van der Waals surface area contributed by atoms with Gasteiger partial charge in [-0.25, -0.2) is 20.2 Å². The predicted octanol–water partition coefficient (Wildman–Crippen LogP) is -0.746. The van der Waals surface area contributed by atoms with Crippen LogP contribution in [-0.4, -0.2) is 29.8 Å². The maximum Gasteiger partial charge on any atom is 0.281 e. The molecule has 0 aromatic carbocycles. The van der Waals surface area contributed by atoms with Crippen LogP contribution in [0.1, 0.15) is 5.56 Å². The minimum absolute atomic E-state index is 0.234. The molecule has 0 aliphatic rings. The van der Waals surface area contributed by atoms with Gasteiger partial charge in [0.1, 0.15) is 11.2 Å². The molecule has 102 valence electrons. The van der Waals surface area contributed by atoms with Gasteiger partial charge >= 0.3 is 0 Å². The summed E-state index contributed by atoms with van der Waals surface area (Å²) in [5, 5.41) is 12.3. The normalized spacial score (nSPS) is 10.9. The summed E-state index contributed by atoms with van der Waals surface area (Å²) in [6, 6.07) is 3.52. The summed E-state index contributed by atoms with van der Waals surface area (Å²) in [6.07, 6.45) is 3.09. The molecule has 3 N–H and O–H groups in total. The lowest BCUT2D eigenvalue weighted by Crippen LogP contribution is -2.24. The standard InChI is InChI=1S/C11H12N8O/c1-18-10-8(5-14-18)11(20)19(17-16-10)6-7-2-3-13-9(4-7)15-12/h2-5H,6,12H2,1H3,(H,13,15). The van der Waals surface area contributed by atoms with Crippen molar-refractivity contribution in [3.05, 3.63) is 40.4 Å². The van der Waals surface area contributed by atoms with Crippen molar-refractivity contribution in [2.75, 3.05) is 5.43 Å². The predicted molar refractivity (Wildman–Crippen MR) is 71.7 cm³/mol. The SMILES string of the molecule is Cn1ncc2c(=O)n(Cc3ccnc(NN)c3)nnc21. The number of aromatic nitrogens is 6. The average Bonchev–Trinajstić information content (AvgIpc) is 2.84. The van der Waals surface area contributed by atoms with Crippen LogP contribution in [0, 0.1) is 0 Å². The smallest absolute Gasteiger partial charge is 0.281 e. The molecule has 0 radical (unpaired) electrons. The second kappa shape index (κ2) is 4.70. The number of fused-ring (bicyclic) bond motifs is 1. The average molecular weight is 272 g/mol. The Kier molecular flexibility index (Phi) is 2.88. The maximum absolute atomic E-state index is 12.3. The van der Waals surface area contributed by atoms with Crippen molar-refractivity contribution in [3.8, 4) is 0 Å². The highest BCUT2D eigenvalue weighted by atomic mass is 16.1. The van der Waals surface area contributed by atoms with E-state index in [0.29, 0.717) is 16.9 Å². The molecule has 20 heavy (non-hydrogen) atoms. The van der Waals surface area contributed by atoms with E-state index in [2.05, 4.69) is 25.8 Å². The largest absolute Gasteiger partial charge is 0.308 e. The molecule has 9 heteroatoms. The second-order valence-corrected chi connectivity index (χ2v) is 4.25. The van der Waals surface area contributed by atoms with E-state index in [-0.39, 0.29) is 12.1 Å². The van der Waals surface area contributed by atoms with Gasteiger partial charge in [-0.05, 0) is 17.7 Å². The van der Waals surface area contributed by atoms with Crippen molar-refractivity contribution in [1.29, 1.82) is 0 Å². The first-order valence-corrected chi connectivity index (χ1v) is 5.86. The molecule has 0 spiro atoms. The molecule has 0 aliphatic carbocycles. The Morgan fingerprint density at radius 1 is 1.45 bits per heavy atom. The van der Waals surface area contributed by atoms with Gasteiger partial charge in [0.2, 0.25) is 0 Å². The number of nitrogens with two attached hydrogens (primary N) is 1. The first kappa shape index (κ1) is 12.2. The Bertz CT molecular complexity index is 821. The van der Waals surface area contributed by atoms with Crippen LogP contribution in [0.3, 0.4) is 0 Å². The fourth-order valence-electron chi connectivity index (χ4n) is 1.90. The van der Waals surface area contributed by atoms with Gasteiger partial charge in [0, 0.05) is 13.2 Å². The Labute approximate surface area is 113 Å². The van der Waals surface area contributed by atoms with Gasteiger partial charge in [0.05, 0.1) is 12.7 Å². The zero-order chi connectivity index (χ0) is 14.1. The number of hydrogen-bond acceptors (Lipinski definition) is 7. The number of nitrogens with zero attached hydrogens (tertiary/aromatic N) is 6. The van der Waals surface area contributed by atoms with Gasteiger partial charge in [0.25, 0.3) is 5.56 Å². The van der Waals surface area contributed by atoms with E-state index in [4.69, 9.17) is 5.84 Å². The number of hydrazine groups is 1. The number of rotatable bonds is 3. The molecule has 0 saturated carbocycles. The van der Waals surface area contributed by atoms with E-state index in [9.17, 15) is 4.79 Å². The molecule has 0 fully saturated rings. The summed E-state index contributed by atoms with van der Waals surface area (Å²) in [5.74, 6) is 5.82. The maximum atomic E-state index is 12.3. The minimum atomic E-state index is -0.234. The van der Waals surface area contributed by atoms with Crippen LogP contribution in [0.25, 0.3) is 11.0 Å². The summed E-state index contributed by atoms with van der Waals surface area (Å²) >= 11 is 0. The number of hydrogen-bond donors (Lipinski definition) is 2. The number of anilines is 1. The molecule has 0 aliphatic heterocycles. The third-order valence-electron chi connectivity index (χ3n) is 2.92. The molecule has 9 nitrogen and oxygen atoms in total. The second-order valence-electron chi connectivity index (χ2n) is 4.25. The Morgan fingerprint density at radius 3 is 3.10 bits per heavy atom. The highest BCUT2D eigenvalue weighted by Crippen LogP contribution is 2.07. The minimum Gasteiger partial charge on any atom is -0.308 e. The van der Waals surface area contributed by atoms with Crippen LogP contribution in [0.5, 0.6) is 0 Å². The van der Waals surface area contributed by atoms with E-state index < -0.39 is 0 Å². The van der Waals surface area contributed by atoms with Crippen LogP contribution >= 0.6 is 0 Å². The molecule has 3 heterocycles. The molecule has 3 rings (SSSR count). The summed E-state index contributed by atoms with van der Waals surface area (Å²) in [7, 11) is 1.71.